The van der Waals surface area contributed by atoms with E-state index in [1.807, 2.05) is 59.5 Å². The van der Waals surface area contributed by atoms with Gasteiger partial charge in [-0.05, 0) is 29.7 Å². The zero-order chi connectivity index (χ0) is 22.1. The highest BCUT2D eigenvalue weighted by Crippen LogP contribution is 2.13. The summed E-state index contributed by atoms with van der Waals surface area (Å²) in [6.07, 6.45) is 1.27. The van der Waals surface area contributed by atoms with Crippen LogP contribution in [0.25, 0.3) is 0 Å². The van der Waals surface area contributed by atoms with Gasteiger partial charge in [0.2, 0.25) is 5.91 Å². The Hall–Kier alpha value is -2.57. The number of hydrogen-bond acceptors (Lipinski definition) is 3. The average molecular weight is 443 g/mol. The van der Waals surface area contributed by atoms with Gasteiger partial charge >= 0.3 is 6.03 Å². The van der Waals surface area contributed by atoms with Gasteiger partial charge in [-0.3, -0.25) is 9.69 Å². The van der Waals surface area contributed by atoms with Gasteiger partial charge in [-0.2, -0.15) is 0 Å². The standard InChI is InChI=1S/C24H31ClN4O2/c1-27(18-20-6-3-2-4-7-20)24(31)26-13-12-23(30)29-15-5-14-28(16-17-29)19-21-8-10-22(25)11-9-21/h2-4,6-11H,5,12-19H2,1H3,(H,26,31). The monoisotopic (exact) mass is 442 g/mol. The fourth-order valence-corrected chi connectivity index (χ4v) is 3.85. The molecule has 0 aliphatic carbocycles. The second-order valence-corrected chi connectivity index (χ2v) is 8.40. The van der Waals surface area contributed by atoms with Crippen molar-refractivity contribution >= 4 is 23.5 Å². The number of halogens is 1. The Morgan fingerprint density at radius 3 is 2.45 bits per heavy atom. The summed E-state index contributed by atoms with van der Waals surface area (Å²) in [7, 11) is 1.76. The Balaban J connectivity index is 1.37. The lowest BCUT2D eigenvalue weighted by Gasteiger charge is -2.23. The van der Waals surface area contributed by atoms with E-state index >= 15 is 0 Å². The van der Waals surface area contributed by atoms with Crippen LogP contribution in [0.1, 0.15) is 24.0 Å². The maximum Gasteiger partial charge on any atom is 0.317 e. The molecule has 2 aromatic carbocycles. The summed E-state index contributed by atoms with van der Waals surface area (Å²) in [5.74, 6) is 0.0966. The smallest absolute Gasteiger partial charge is 0.317 e. The third-order valence-electron chi connectivity index (χ3n) is 5.49. The van der Waals surface area contributed by atoms with Crippen molar-refractivity contribution in [3.05, 3.63) is 70.7 Å². The molecule has 0 bridgehead atoms. The molecule has 0 saturated carbocycles. The van der Waals surface area contributed by atoms with Crippen LogP contribution in [0.4, 0.5) is 4.79 Å². The summed E-state index contributed by atoms with van der Waals surface area (Å²) in [5.41, 5.74) is 2.30. The molecular weight excluding hydrogens is 412 g/mol. The van der Waals surface area contributed by atoms with Crippen LogP contribution in [-0.4, -0.2) is 66.4 Å². The summed E-state index contributed by atoms with van der Waals surface area (Å²) in [4.78, 5) is 30.8. The molecule has 6 nitrogen and oxygen atoms in total. The number of rotatable bonds is 7. The third-order valence-corrected chi connectivity index (χ3v) is 5.74. The summed E-state index contributed by atoms with van der Waals surface area (Å²) in [6, 6.07) is 17.6. The van der Waals surface area contributed by atoms with E-state index in [1.165, 1.54) is 5.56 Å². The van der Waals surface area contributed by atoms with Crippen molar-refractivity contribution in [2.24, 2.45) is 0 Å². The van der Waals surface area contributed by atoms with Gasteiger partial charge in [-0.15, -0.1) is 0 Å². The zero-order valence-corrected chi connectivity index (χ0v) is 18.9. The first kappa shape index (κ1) is 23.1. The van der Waals surface area contributed by atoms with E-state index in [-0.39, 0.29) is 11.9 Å². The van der Waals surface area contributed by atoms with Crippen molar-refractivity contribution in [1.29, 1.82) is 0 Å². The van der Waals surface area contributed by atoms with Crippen LogP contribution in [0, 0.1) is 0 Å². The number of nitrogens with one attached hydrogen (secondary N) is 1. The SMILES string of the molecule is CN(Cc1ccccc1)C(=O)NCCC(=O)N1CCCN(Cc2ccc(Cl)cc2)CC1. The molecule has 0 spiro atoms. The van der Waals surface area contributed by atoms with E-state index in [0.717, 1.165) is 43.2 Å². The predicted molar refractivity (Wildman–Crippen MR) is 124 cm³/mol. The molecule has 1 heterocycles. The van der Waals surface area contributed by atoms with Gasteiger partial charge in [-0.1, -0.05) is 54.1 Å². The van der Waals surface area contributed by atoms with Gasteiger partial charge in [0.1, 0.15) is 0 Å². The molecular formula is C24H31ClN4O2. The van der Waals surface area contributed by atoms with E-state index in [2.05, 4.69) is 10.2 Å². The van der Waals surface area contributed by atoms with Crippen LogP contribution in [0.15, 0.2) is 54.6 Å². The van der Waals surface area contributed by atoms with E-state index in [1.54, 1.807) is 11.9 Å². The number of benzene rings is 2. The lowest BCUT2D eigenvalue weighted by Crippen LogP contribution is -2.40. The van der Waals surface area contributed by atoms with E-state index in [0.29, 0.717) is 26.1 Å². The zero-order valence-electron chi connectivity index (χ0n) is 18.1. The Bertz CT molecular complexity index is 844. The van der Waals surface area contributed by atoms with Crippen LogP contribution in [0.5, 0.6) is 0 Å². The highest BCUT2D eigenvalue weighted by Gasteiger charge is 2.19. The van der Waals surface area contributed by atoms with Gasteiger partial charge in [0, 0.05) is 64.3 Å². The number of carbonyl (C=O) groups excluding carboxylic acids is 2. The normalized spacial score (nSPS) is 14.7. The van der Waals surface area contributed by atoms with Gasteiger partial charge in [0.25, 0.3) is 0 Å². The molecule has 1 saturated heterocycles. The maximum absolute atomic E-state index is 12.6. The van der Waals surface area contributed by atoms with Crippen molar-refractivity contribution < 1.29 is 9.59 Å². The molecule has 1 fully saturated rings. The topological polar surface area (TPSA) is 55.9 Å². The predicted octanol–water partition coefficient (Wildman–Crippen LogP) is 3.61. The van der Waals surface area contributed by atoms with Crippen LogP contribution < -0.4 is 5.32 Å². The average Bonchev–Trinajstić information content (AvgIpc) is 3.01. The van der Waals surface area contributed by atoms with Crippen LogP contribution >= 0.6 is 11.6 Å². The number of nitrogens with zero attached hydrogens (tertiary/aromatic N) is 3. The molecule has 0 unspecified atom stereocenters. The quantitative estimate of drug-likeness (QED) is 0.712. The summed E-state index contributed by atoms with van der Waals surface area (Å²) >= 11 is 5.96. The molecule has 31 heavy (non-hydrogen) atoms. The number of carbonyl (C=O) groups is 2. The molecule has 166 valence electrons. The minimum absolute atomic E-state index is 0.0966. The summed E-state index contributed by atoms with van der Waals surface area (Å²) in [6.45, 7) is 5.04. The van der Waals surface area contributed by atoms with Crippen LogP contribution in [0.3, 0.4) is 0 Å². The van der Waals surface area contributed by atoms with E-state index < -0.39 is 0 Å². The second-order valence-electron chi connectivity index (χ2n) is 7.96. The van der Waals surface area contributed by atoms with Gasteiger partial charge in [0.05, 0.1) is 0 Å². The molecule has 1 aliphatic rings. The van der Waals surface area contributed by atoms with Gasteiger partial charge in [0.15, 0.2) is 0 Å². The van der Waals surface area contributed by atoms with Gasteiger partial charge < -0.3 is 15.1 Å². The van der Waals surface area contributed by atoms with Crippen molar-refractivity contribution in [3.8, 4) is 0 Å². The fourth-order valence-electron chi connectivity index (χ4n) is 3.72. The molecule has 3 amide bonds. The molecule has 1 N–H and O–H groups in total. The molecule has 0 aromatic heterocycles. The van der Waals surface area contributed by atoms with Crippen molar-refractivity contribution in [2.45, 2.75) is 25.9 Å². The molecule has 0 atom stereocenters. The number of amides is 3. The molecule has 1 aliphatic heterocycles. The first-order chi connectivity index (χ1) is 15.0. The minimum Gasteiger partial charge on any atom is -0.341 e. The van der Waals surface area contributed by atoms with Crippen LogP contribution in [-0.2, 0) is 17.9 Å². The van der Waals surface area contributed by atoms with Crippen molar-refractivity contribution in [3.63, 3.8) is 0 Å². The first-order valence-corrected chi connectivity index (χ1v) is 11.2. The highest BCUT2D eigenvalue weighted by atomic mass is 35.5. The van der Waals surface area contributed by atoms with Crippen LogP contribution in [0.2, 0.25) is 5.02 Å². The van der Waals surface area contributed by atoms with Crippen molar-refractivity contribution in [1.82, 2.24) is 20.0 Å². The Labute approximate surface area is 189 Å². The molecule has 7 heteroatoms. The van der Waals surface area contributed by atoms with E-state index in [9.17, 15) is 9.59 Å². The lowest BCUT2D eigenvalue weighted by molar-refractivity contribution is -0.130. The van der Waals surface area contributed by atoms with Crippen molar-refractivity contribution in [2.75, 3.05) is 39.8 Å². The number of urea groups is 1. The maximum atomic E-state index is 12.6. The Kier molecular flexibility index (Phi) is 8.74. The minimum atomic E-state index is -0.165. The lowest BCUT2D eigenvalue weighted by atomic mass is 10.2. The van der Waals surface area contributed by atoms with E-state index in [4.69, 9.17) is 11.6 Å². The largest absolute Gasteiger partial charge is 0.341 e. The third kappa shape index (κ3) is 7.56. The molecule has 3 rings (SSSR count). The summed E-state index contributed by atoms with van der Waals surface area (Å²) < 4.78 is 0. The summed E-state index contributed by atoms with van der Waals surface area (Å²) in [5, 5.41) is 3.60. The second kappa shape index (κ2) is 11.7. The first-order valence-electron chi connectivity index (χ1n) is 10.8. The Morgan fingerprint density at radius 2 is 1.71 bits per heavy atom. The highest BCUT2D eigenvalue weighted by molar-refractivity contribution is 6.30. The number of hydrogen-bond donors (Lipinski definition) is 1. The fraction of sp³-hybridized carbons (Fsp3) is 0.417. The molecule has 2 aromatic rings. The molecule has 0 radical (unpaired) electrons. The Morgan fingerprint density at radius 1 is 0.968 bits per heavy atom. The van der Waals surface area contributed by atoms with Gasteiger partial charge in [-0.25, -0.2) is 4.79 Å².